The smallest absolute Gasteiger partial charge is 0.150 e. The van der Waals surface area contributed by atoms with E-state index in [1.807, 2.05) is 0 Å². The lowest BCUT2D eigenvalue weighted by atomic mass is 10.2. The largest absolute Gasteiger partial charge is 0.298 e. The molecule has 0 aliphatic carbocycles. The Morgan fingerprint density at radius 3 is 2.38 bits per heavy atom. The van der Waals surface area contributed by atoms with Crippen molar-refractivity contribution in [1.82, 2.24) is 5.39 Å². The molecule has 0 amide bonds. The van der Waals surface area contributed by atoms with Crippen molar-refractivity contribution in [3.63, 3.8) is 0 Å². The third-order valence-electron chi connectivity index (χ3n) is 1.46. The number of carbonyl (C=O) groups excluding carboxylic acids is 1. The summed E-state index contributed by atoms with van der Waals surface area (Å²) in [4.78, 5) is 14.6. The van der Waals surface area contributed by atoms with Gasteiger partial charge in [-0.15, -0.1) is 0 Å². The summed E-state index contributed by atoms with van der Waals surface area (Å²) in [5.74, 6) is 0. The standard InChI is InChI=1S/C8H9NO4/c10-5-7-1-3-8(4-2-7)6-13-9(11)12/h1-5,11-12H,6H2. The molecule has 5 nitrogen and oxygen atoms in total. The molecule has 0 aromatic heterocycles. The fourth-order valence-electron chi connectivity index (χ4n) is 0.825. The van der Waals surface area contributed by atoms with Crippen LogP contribution in [-0.2, 0) is 11.4 Å². The van der Waals surface area contributed by atoms with Crippen LogP contribution in [0.15, 0.2) is 24.3 Å². The first-order valence-corrected chi connectivity index (χ1v) is 3.57. The first-order chi connectivity index (χ1) is 6.22. The van der Waals surface area contributed by atoms with E-state index in [4.69, 9.17) is 10.4 Å². The Hall–Kier alpha value is -1.27. The minimum absolute atomic E-state index is 0.0339. The van der Waals surface area contributed by atoms with Crippen LogP contribution in [0.4, 0.5) is 0 Å². The second kappa shape index (κ2) is 4.68. The lowest BCUT2D eigenvalue weighted by Crippen LogP contribution is -2.13. The predicted molar refractivity (Wildman–Crippen MR) is 42.0 cm³/mol. The van der Waals surface area contributed by atoms with Crippen LogP contribution < -0.4 is 0 Å². The number of hydrogen-bond donors (Lipinski definition) is 2. The highest BCUT2D eigenvalue weighted by atomic mass is 17.1. The first kappa shape index (κ1) is 9.82. The number of nitrogens with zero attached hydrogens (tertiary/aromatic N) is 1. The van der Waals surface area contributed by atoms with Crippen LogP contribution in [0.5, 0.6) is 0 Å². The molecule has 0 atom stereocenters. The lowest BCUT2D eigenvalue weighted by Gasteiger charge is -2.05. The number of rotatable bonds is 4. The predicted octanol–water partition coefficient (Wildman–Crippen LogP) is 1.01. The maximum absolute atomic E-state index is 10.3. The van der Waals surface area contributed by atoms with E-state index in [0.29, 0.717) is 5.56 Å². The van der Waals surface area contributed by atoms with Crippen molar-refractivity contribution in [3.05, 3.63) is 35.4 Å². The van der Waals surface area contributed by atoms with Gasteiger partial charge in [0, 0.05) is 5.56 Å². The number of benzene rings is 1. The Bertz CT molecular complexity index is 270. The molecule has 0 saturated heterocycles. The molecule has 0 fully saturated rings. The summed E-state index contributed by atoms with van der Waals surface area (Å²) in [5.41, 5.74) is 1.30. The van der Waals surface area contributed by atoms with Gasteiger partial charge in [-0.2, -0.15) is 0 Å². The van der Waals surface area contributed by atoms with Gasteiger partial charge in [-0.25, -0.2) is 4.84 Å². The van der Waals surface area contributed by atoms with Crippen LogP contribution in [-0.4, -0.2) is 22.1 Å². The Labute approximate surface area is 74.6 Å². The normalized spacial score (nSPS) is 10.4. The molecule has 13 heavy (non-hydrogen) atoms. The van der Waals surface area contributed by atoms with Crippen LogP contribution in [0, 0.1) is 0 Å². The zero-order chi connectivity index (χ0) is 9.68. The molecule has 2 N–H and O–H groups in total. The molecule has 70 valence electrons. The zero-order valence-corrected chi connectivity index (χ0v) is 6.75. The number of aldehydes is 1. The summed E-state index contributed by atoms with van der Waals surface area (Å²) < 4.78 is 0. The summed E-state index contributed by atoms with van der Waals surface area (Å²) in [6, 6.07) is 6.55. The summed E-state index contributed by atoms with van der Waals surface area (Å²) >= 11 is 0. The molecule has 1 aromatic rings. The molecular formula is C8H9NO4. The Morgan fingerprint density at radius 2 is 1.92 bits per heavy atom. The van der Waals surface area contributed by atoms with E-state index in [-0.39, 0.29) is 12.0 Å². The van der Waals surface area contributed by atoms with E-state index < -0.39 is 0 Å². The molecule has 5 heteroatoms. The highest BCUT2D eigenvalue weighted by Gasteiger charge is 1.97. The van der Waals surface area contributed by atoms with Crippen LogP contribution in [0.2, 0.25) is 0 Å². The van der Waals surface area contributed by atoms with E-state index in [0.717, 1.165) is 11.8 Å². The summed E-state index contributed by atoms with van der Waals surface area (Å²) in [6.45, 7) is 0.0339. The Balaban J connectivity index is 2.54. The number of carbonyl (C=O) groups is 1. The van der Waals surface area contributed by atoms with Crippen molar-refractivity contribution in [3.8, 4) is 0 Å². The fraction of sp³-hybridized carbons (Fsp3) is 0.125. The highest BCUT2D eigenvalue weighted by molar-refractivity contribution is 5.74. The minimum Gasteiger partial charge on any atom is -0.298 e. The second-order valence-electron chi connectivity index (χ2n) is 2.39. The van der Waals surface area contributed by atoms with Crippen LogP contribution in [0.3, 0.4) is 0 Å². The van der Waals surface area contributed by atoms with Crippen molar-refractivity contribution in [1.29, 1.82) is 0 Å². The summed E-state index contributed by atoms with van der Waals surface area (Å²) in [7, 11) is 0. The Morgan fingerprint density at radius 1 is 1.31 bits per heavy atom. The molecule has 0 heterocycles. The van der Waals surface area contributed by atoms with E-state index in [1.165, 1.54) is 0 Å². The monoisotopic (exact) mass is 183 g/mol. The van der Waals surface area contributed by atoms with Crippen molar-refractivity contribution in [2.45, 2.75) is 6.61 Å². The lowest BCUT2D eigenvalue weighted by molar-refractivity contribution is -0.497. The van der Waals surface area contributed by atoms with Gasteiger partial charge in [-0.1, -0.05) is 24.3 Å². The quantitative estimate of drug-likeness (QED) is 0.538. The first-order valence-electron chi connectivity index (χ1n) is 3.57. The molecule has 0 unspecified atom stereocenters. The van der Waals surface area contributed by atoms with Crippen molar-refractivity contribution < 1.29 is 20.0 Å². The maximum Gasteiger partial charge on any atom is 0.150 e. The van der Waals surface area contributed by atoms with Gasteiger partial charge in [0.2, 0.25) is 0 Å². The van der Waals surface area contributed by atoms with Crippen molar-refractivity contribution in [2.75, 3.05) is 0 Å². The number of hydrogen-bond acceptors (Lipinski definition) is 5. The molecule has 1 aromatic carbocycles. The van der Waals surface area contributed by atoms with Gasteiger partial charge in [0.05, 0.1) is 12.0 Å². The average Bonchev–Trinajstić information content (AvgIpc) is 2.15. The van der Waals surface area contributed by atoms with E-state index in [1.54, 1.807) is 24.3 Å². The average molecular weight is 183 g/mol. The van der Waals surface area contributed by atoms with Gasteiger partial charge in [0.25, 0.3) is 0 Å². The zero-order valence-electron chi connectivity index (χ0n) is 6.75. The van der Waals surface area contributed by atoms with Crippen LogP contribution in [0.1, 0.15) is 15.9 Å². The molecule has 0 aliphatic rings. The van der Waals surface area contributed by atoms with Crippen LogP contribution >= 0.6 is 0 Å². The molecule has 0 saturated carbocycles. The SMILES string of the molecule is O=Cc1ccc(CON(O)O)cc1. The molecule has 0 radical (unpaired) electrons. The van der Waals surface area contributed by atoms with Gasteiger partial charge in [-0.3, -0.25) is 15.2 Å². The van der Waals surface area contributed by atoms with E-state index in [2.05, 4.69) is 4.84 Å². The topological polar surface area (TPSA) is 70.0 Å². The van der Waals surface area contributed by atoms with Gasteiger partial charge < -0.3 is 0 Å². The third-order valence-corrected chi connectivity index (χ3v) is 1.46. The molecular weight excluding hydrogens is 174 g/mol. The maximum atomic E-state index is 10.3. The fourth-order valence-corrected chi connectivity index (χ4v) is 0.825. The molecule has 0 aliphatic heterocycles. The molecule has 1 rings (SSSR count). The van der Waals surface area contributed by atoms with Gasteiger partial charge in [0.1, 0.15) is 6.29 Å². The van der Waals surface area contributed by atoms with E-state index >= 15 is 0 Å². The Kier molecular flexibility index (Phi) is 3.53. The second-order valence-corrected chi connectivity index (χ2v) is 2.39. The minimum atomic E-state index is -0.354. The summed E-state index contributed by atoms with van der Waals surface area (Å²) in [5, 5.41) is 16.1. The van der Waals surface area contributed by atoms with Gasteiger partial charge >= 0.3 is 0 Å². The highest BCUT2D eigenvalue weighted by Crippen LogP contribution is 2.03. The van der Waals surface area contributed by atoms with Crippen molar-refractivity contribution >= 4 is 6.29 Å². The van der Waals surface area contributed by atoms with Gasteiger partial charge in [-0.05, 0) is 5.56 Å². The van der Waals surface area contributed by atoms with Crippen LogP contribution in [0.25, 0.3) is 0 Å². The third kappa shape index (κ3) is 3.30. The summed E-state index contributed by atoms with van der Waals surface area (Å²) in [6.07, 6.45) is 0.731. The van der Waals surface area contributed by atoms with Crippen molar-refractivity contribution in [2.24, 2.45) is 0 Å². The van der Waals surface area contributed by atoms with E-state index in [9.17, 15) is 4.79 Å². The molecule has 0 spiro atoms. The molecule has 0 bridgehead atoms. The van der Waals surface area contributed by atoms with Gasteiger partial charge in [0.15, 0.2) is 0 Å².